The van der Waals surface area contributed by atoms with Crippen LogP contribution in [0.3, 0.4) is 0 Å². The SMILES string of the molecule is CC(C)(C)OC(=O)N1CCC(N2CC(c3cc(Cl)c4c(c3)Nc3nccc(C5CCOCC5)c3CO4)C2)CC1. The number of likely N-dealkylation sites (tertiary alicyclic amines) is 2. The molecule has 0 saturated carbocycles. The van der Waals surface area contributed by atoms with Gasteiger partial charge in [0.25, 0.3) is 0 Å². The molecule has 2 aromatic rings. The number of ether oxygens (including phenoxy) is 3. The second-order valence-corrected chi connectivity index (χ2v) is 12.7. The number of carbonyl (C=O) groups is 1. The van der Waals surface area contributed by atoms with Crippen LogP contribution in [0.5, 0.6) is 5.75 Å². The molecule has 0 unspecified atom stereocenters. The molecule has 39 heavy (non-hydrogen) atoms. The van der Waals surface area contributed by atoms with Crippen LogP contribution in [0, 0.1) is 0 Å². The van der Waals surface area contributed by atoms with Gasteiger partial charge in [-0.05, 0) is 81.7 Å². The predicted molar refractivity (Wildman–Crippen MR) is 151 cm³/mol. The van der Waals surface area contributed by atoms with E-state index in [1.54, 1.807) is 0 Å². The number of carbonyl (C=O) groups excluding carboxylic acids is 1. The van der Waals surface area contributed by atoms with Crippen molar-refractivity contribution in [3.8, 4) is 5.75 Å². The molecule has 9 heteroatoms. The number of nitrogens with zero attached hydrogens (tertiary/aromatic N) is 3. The quantitative estimate of drug-likeness (QED) is 0.494. The first kappa shape index (κ1) is 26.7. The number of halogens is 1. The molecule has 1 aromatic carbocycles. The van der Waals surface area contributed by atoms with Crippen LogP contribution in [-0.4, -0.2) is 71.9 Å². The lowest BCUT2D eigenvalue weighted by Gasteiger charge is -2.47. The van der Waals surface area contributed by atoms with Crippen LogP contribution in [-0.2, 0) is 16.1 Å². The summed E-state index contributed by atoms with van der Waals surface area (Å²) in [6, 6.07) is 6.88. The molecule has 1 amide bonds. The van der Waals surface area contributed by atoms with E-state index in [9.17, 15) is 4.79 Å². The standard InChI is InChI=1S/C30H39ClN4O4/c1-30(2,3)39-29(36)34-10-5-22(6-11-34)35-16-21(17-35)20-14-25(31)27-26(15-20)33-28-24(18-38-27)23(4-9-32-28)19-7-12-37-13-8-19/h4,9,14-15,19,21-22H,5-8,10-13,16-18H2,1-3H3,(H,32,33). The summed E-state index contributed by atoms with van der Waals surface area (Å²) in [5.74, 6) is 2.44. The van der Waals surface area contributed by atoms with E-state index in [4.69, 9.17) is 25.8 Å². The molecule has 6 rings (SSSR count). The highest BCUT2D eigenvalue weighted by molar-refractivity contribution is 6.32. The summed E-state index contributed by atoms with van der Waals surface area (Å²) in [5, 5.41) is 4.20. The van der Waals surface area contributed by atoms with Crippen molar-refractivity contribution in [2.45, 2.75) is 76.5 Å². The third-order valence-corrected chi connectivity index (χ3v) is 8.73. The maximum Gasteiger partial charge on any atom is 0.410 e. The number of hydrogen-bond donors (Lipinski definition) is 1. The van der Waals surface area contributed by atoms with E-state index < -0.39 is 5.60 Å². The minimum atomic E-state index is -0.459. The van der Waals surface area contributed by atoms with Gasteiger partial charge in [-0.15, -0.1) is 0 Å². The minimum Gasteiger partial charge on any atom is -0.485 e. The van der Waals surface area contributed by atoms with Crippen LogP contribution in [0.15, 0.2) is 24.4 Å². The van der Waals surface area contributed by atoms with Gasteiger partial charge in [-0.2, -0.15) is 0 Å². The molecule has 0 spiro atoms. The van der Waals surface area contributed by atoms with Gasteiger partial charge >= 0.3 is 6.09 Å². The van der Waals surface area contributed by atoms with Gasteiger partial charge in [0, 0.05) is 63.1 Å². The second-order valence-electron chi connectivity index (χ2n) is 12.3. The van der Waals surface area contributed by atoms with Gasteiger partial charge < -0.3 is 24.4 Å². The number of hydrogen-bond acceptors (Lipinski definition) is 7. The fourth-order valence-electron chi connectivity index (χ4n) is 6.28. The molecule has 0 radical (unpaired) electrons. The predicted octanol–water partition coefficient (Wildman–Crippen LogP) is 6.06. The molecule has 3 saturated heterocycles. The number of aromatic nitrogens is 1. The first-order chi connectivity index (χ1) is 18.7. The van der Waals surface area contributed by atoms with Gasteiger partial charge in [0.05, 0.1) is 10.7 Å². The van der Waals surface area contributed by atoms with Crippen LogP contribution in [0.1, 0.15) is 75.0 Å². The van der Waals surface area contributed by atoms with E-state index in [-0.39, 0.29) is 6.09 Å². The molecule has 1 N–H and O–H groups in total. The van der Waals surface area contributed by atoms with Crippen molar-refractivity contribution < 1.29 is 19.0 Å². The van der Waals surface area contributed by atoms with Gasteiger partial charge in [-0.3, -0.25) is 4.90 Å². The zero-order valence-corrected chi connectivity index (χ0v) is 23.9. The Morgan fingerprint density at radius 1 is 1.10 bits per heavy atom. The molecule has 4 aliphatic heterocycles. The Balaban J connectivity index is 1.10. The van der Waals surface area contributed by atoms with Crippen molar-refractivity contribution in [1.82, 2.24) is 14.8 Å². The Hall–Kier alpha value is -2.55. The van der Waals surface area contributed by atoms with Crippen LogP contribution < -0.4 is 10.1 Å². The third kappa shape index (κ3) is 5.70. The Morgan fingerprint density at radius 2 is 1.85 bits per heavy atom. The summed E-state index contributed by atoms with van der Waals surface area (Å²) < 4.78 is 17.4. The van der Waals surface area contributed by atoms with E-state index in [0.29, 0.717) is 35.3 Å². The Kier molecular flexibility index (Phi) is 7.37. The molecule has 0 bridgehead atoms. The summed E-state index contributed by atoms with van der Waals surface area (Å²) in [6.45, 7) is 11.3. The van der Waals surface area contributed by atoms with E-state index >= 15 is 0 Å². The van der Waals surface area contributed by atoms with Crippen LogP contribution in [0.4, 0.5) is 16.3 Å². The highest BCUT2D eigenvalue weighted by atomic mass is 35.5. The van der Waals surface area contributed by atoms with Gasteiger partial charge in [-0.25, -0.2) is 9.78 Å². The first-order valence-corrected chi connectivity index (χ1v) is 14.6. The summed E-state index contributed by atoms with van der Waals surface area (Å²) in [6.07, 6.45) is 5.69. The zero-order chi connectivity index (χ0) is 27.1. The average Bonchev–Trinajstić information content (AvgIpc) is 3.07. The van der Waals surface area contributed by atoms with Crippen molar-refractivity contribution in [2.75, 3.05) is 44.7 Å². The lowest BCUT2D eigenvalue weighted by Crippen LogP contribution is -2.55. The van der Waals surface area contributed by atoms with Crippen LogP contribution in [0.25, 0.3) is 0 Å². The number of anilines is 2. The lowest BCUT2D eigenvalue weighted by atomic mass is 9.87. The smallest absolute Gasteiger partial charge is 0.410 e. The number of fused-ring (bicyclic) bond motifs is 2. The molecule has 1 aromatic heterocycles. The van der Waals surface area contributed by atoms with E-state index in [2.05, 4.69) is 33.4 Å². The number of rotatable bonds is 3. The monoisotopic (exact) mass is 554 g/mol. The maximum atomic E-state index is 12.4. The molecular formula is C30H39ClN4O4. The molecular weight excluding hydrogens is 516 g/mol. The highest BCUT2D eigenvalue weighted by Crippen LogP contribution is 2.44. The van der Waals surface area contributed by atoms with Gasteiger partial charge in [0.2, 0.25) is 0 Å². The van der Waals surface area contributed by atoms with Gasteiger partial charge in [-0.1, -0.05) is 11.6 Å². The molecule has 0 atom stereocenters. The highest BCUT2D eigenvalue weighted by Gasteiger charge is 2.37. The largest absolute Gasteiger partial charge is 0.485 e. The topological polar surface area (TPSA) is 76.2 Å². The van der Waals surface area contributed by atoms with Crippen LogP contribution >= 0.6 is 11.6 Å². The van der Waals surface area contributed by atoms with Gasteiger partial charge in [0.1, 0.15) is 18.0 Å². The van der Waals surface area contributed by atoms with E-state index in [1.807, 2.05) is 31.9 Å². The maximum absolute atomic E-state index is 12.4. The number of pyridine rings is 1. The molecule has 5 heterocycles. The molecule has 4 aliphatic rings. The molecule has 210 valence electrons. The summed E-state index contributed by atoms with van der Waals surface area (Å²) >= 11 is 6.79. The Morgan fingerprint density at radius 3 is 2.56 bits per heavy atom. The zero-order valence-electron chi connectivity index (χ0n) is 23.2. The Bertz CT molecular complexity index is 1210. The summed E-state index contributed by atoms with van der Waals surface area (Å²) in [4.78, 5) is 21.5. The normalized spacial score (nSPS) is 21.2. The van der Waals surface area contributed by atoms with Crippen molar-refractivity contribution >= 4 is 29.2 Å². The average molecular weight is 555 g/mol. The number of piperidine rings is 1. The lowest BCUT2D eigenvalue weighted by molar-refractivity contribution is 0.00591. The van der Waals surface area contributed by atoms with Crippen molar-refractivity contribution in [2.24, 2.45) is 0 Å². The second kappa shape index (κ2) is 10.8. The molecule has 0 aliphatic carbocycles. The fraction of sp³-hybridized carbons (Fsp3) is 0.600. The fourth-order valence-corrected chi connectivity index (χ4v) is 6.56. The Labute approximate surface area is 235 Å². The van der Waals surface area contributed by atoms with Crippen LogP contribution in [0.2, 0.25) is 5.02 Å². The molecule has 3 fully saturated rings. The first-order valence-electron chi connectivity index (χ1n) is 14.3. The third-order valence-electron chi connectivity index (χ3n) is 8.45. The number of amides is 1. The number of benzene rings is 1. The number of nitrogens with one attached hydrogen (secondary N) is 1. The van der Waals surface area contributed by atoms with Crippen molar-refractivity contribution in [1.29, 1.82) is 0 Å². The minimum absolute atomic E-state index is 0.201. The summed E-state index contributed by atoms with van der Waals surface area (Å²) in [7, 11) is 0. The van der Waals surface area contributed by atoms with E-state index in [1.165, 1.54) is 11.1 Å². The van der Waals surface area contributed by atoms with Gasteiger partial charge in [0.15, 0.2) is 5.75 Å². The van der Waals surface area contributed by atoms with E-state index in [0.717, 1.165) is 82.1 Å². The molecule has 8 nitrogen and oxygen atoms in total. The van der Waals surface area contributed by atoms with Crippen molar-refractivity contribution in [3.63, 3.8) is 0 Å². The summed E-state index contributed by atoms with van der Waals surface area (Å²) in [5.41, 5.74) is 4.07. The van der Waals surface area contributed by atoms with Crippen molar-refractivity contribution in [3.05, 3.63) is 46.1 Å².